The van der Waals surface area contributed by atoms with Crippen molar-refractivity contribution in [1.82, 2.24) is 0 Å². The largest absolute Gasteiger partial charge is 0.489 e. The van der Waals surface area contributed by atoms with E-state index in [0.717, 1.165) is 16.7 Å². The second-order valence-corrected chi connectivity index (χ2v) is 6.86. The molecule has 1 heterocycles. The summed E-state index contributed by atoms with van der Waals surface area (Å²) in [5.41, 5.74) is 2.91. The molecule has 5 heteroatoms. The fourth-order valence-electron chi connectivity index (χ4n) is 3.01. The Morgan fingerprint density at radius 2 is 1.79 bits per heavy atom. The number of rotatable bonds is 5. The highest BCUT2D eigenvalue weighted by molar-refractivity contribution is 6.31. The van der Waals surface area contributed by atoms with Crippen LogP contribution in [0.2, 0.25) is 5.02 Å². The lowest BCUT2D eigenvalue weighted by Gasteiger charge is -2.09. The number of hydrogen-bond donors (Lipinski definition) is 1. The first-order valence-electron chi connectivity index (χ1n) is 8.87. The van der Waals surface area contributed by atoms with Crippen LogP contribution in [-0.2, 0) is 6.61 Å². The summed E-state index contributed by atoms with van der Waals surface area (Å²) < 4.78 is 11.7. The van der Waals surface area contributed by atoms with Gasteiger partial charge in [-0.25, -0.2) is 0 Å². The van der Waals surface area contributed by atoms with Crippen LogP contribution >= 0.6 is 11.6 Å². The Bertz CT molecular complexity index is 1140. The van der Waals surface area contributed by atoms with E-state index in [2.05, 4.69) is 5.32 Å². The van der Waals surface area contributed by atoms with E-state index in [-0.39, 0.29) is 18.3 Å². The van der Waals surface area contributed by atoms with Gasteiger partial charge in [0.15, 0.2) is 5.76 Å². The van der Waals surface area contributed by atoms with Gasteiger partial charge in [0.05, 0.1) is 0 Å². The first-order valence-corrected chi connectivity index (χ1v) is 9.25. The minimum Gasteiger partial charge on any atom is -0.489 e. The number of benzene rings is 3. The van der Waals surface area contributed by atoms with Crippen molar-refractivity contribution >= 4 is 34.2 Å². The Kier molecular flexibility index (Phi) is 5.04. The molecule has 4 nitrogen and oxygen atoms in total. The monoisotopic (exact) mass is 391 g/mol. The van der Waals surface area contributed by atoms with Crippen molar-refractivity contribution in [2.45, 2.75) is 13.5 Å². The lowest BCUT2D eigenvalue weighted by molar-refractivity contribution is 0.0995. The molecule has 0 fully saturated rings. The first-order chi connectivity index (χ1) is 13.6. The maximum atomic E-state index is 13.0. The standard InChI is InChI=1S/C23H18ClNO3/c1-15-11-12-16(24)13-20(15)25-23(26)22-19(14-27-17-7-3-2-4-8-17)18-9-5-6-10-21(18)28-22/h2-13H,14H2,1H3,(H,25,26). The van der Waals surface area contributed by atoms with Crippen LogP contribution in [0.4, 0.5) is 5.69 Å². The average molecular weight is 392 g/mol. The topological polar surface area (TPSA) is 51.5 Å². The van der Waals surface area contributed by atoms with Crippen LogP contribution in [0.3, 0.4) is 0 Å². The summed E-state index contributed by atoms with van der Waals surface area (Å²) in [5, 5.41) is 4.30. The molecule has 0 radical (unpaired) electrons. The van der Waals surface area contributed by atoms with Crippen LogP contribution < -0.4 is 10.1 Å². The molecule has 0 atom stereocenters. The Balaban J connectivity index is 1.67. The van der Waals surface area contributed by atoms with Crippen molar-refractivity contribution in [3.05, 3.63) is 94.7 Å². The van der Waals surface area contributed by atoms with Gasteiger partial charge in [-0.05, 0) is 42.8 Å². The van der Waals surface area contributed by atoms with Gasteiger partial charge in [0.1, 0.15) is 17.9 Å². The average Bonchev–Trinajstić information content (AvgIpc) is 3.09. The molecule has 28 heavy (non-hydrogen) atoms. The summed E-state index contributed by atoms with van der Waals surface area (Å²) in [6.07, 6.45) is 0. The summed E-state index contributed by atoms with van der Waals surface area (Å²) in [6.45, 7) is 2.13. The smallest absolute Gasteiger partial charge is 0.291 e. The van der Waals surface area contributed by atoms with Crippen LogP contribution in [-0.4, -0.2) is 5.91 Å². The van der Waals surface area contributed by atoms with Gasteiger partial charge in [0, 0.05) is 21.7 Å². The van der Waals surface area contributed by atoms with Gasteiger partial charge >= 0.3 is 0 Å². The van der Waals surface area contributed by atoms with Crippen molar-refractivity contribution in [1.29, 1.82) is 0 Å². The quantitative estimate of drug-likeness (QED) is 0.439. The van der Waals surface area contributed by atoms with E-state index in [0.29, 0.717) is 21.9 Å². The Labute approximate surface area is 167 Å². The van der Waals surface area contributed by atoms with Crippen molar-refractivity contribution in [3.63, 3.8) is 0 Å². The molecule has 1 N–H and O–H groups in total. The predicted molar refractivity (Wildman–Crippen MR) is 111 cm³/mol. The van der Waals surface area contributed by atoms with Gasteiger partial charge in [-0.2, -0.15) is 0 Å². The zero-order valence-electron chi connectivity index (χ0n) is 15.2. The molecule has 3 aromatic carbocycles. The SMILES string of the molecule is Cc1ccc(Cl)cc1NC(=O)c1oc2ccccc2c1COc1ccccc1. The number of ether oxygens (including phenoxy) is 1. The fraction of sp³-hybridized carbons (Fsp3) is 0.0870. The van der Waals surface area contributed by atoms with E-state index in [1.807, 2.05) is 67.6 Å². The third-order valence-corrected chi connectivity index (χ3v) is 4.71. The number of furan rings is 1. The van der Waals surface area contributed by atoms with E-state index in [4.69, 9.17) is 20.8 Å². The summed E-state index contributed by atoms with van der Waals surface area (Å²) >= 11 is 6.06. The number of carbonyl (C=O) groups excluding carboxylic acids is 1. The van der Waals surface area contributed by atoms with Gasteiger partial charge in [-0.1, -0.05) is 54.1 Å². The number of amides is 1. The number of carbonyl (C=O) groups is 1. The molecule has 0 saturated carbocycles. The molecule has 0 aliphatic rings. The van der Waals surface area contributed by atoms with Gasteiger partial charge in [0.25, 0.3) is 5.91 Å². The second-order valence-electron chi connectivity index (χ2n) is 6.42. The Morgan fingerprint density at radius 1 is 1.04 bits per heavy atom. The number of fused-ring (bicyclic) bond motifs is 1. The molecule has 4 aromatic rings. The highest BCUT2D eigenvalue weighted by Crippen LogP contribution is 2.29. The first kappa shape index (κ1) is 18.1. The summed E-state index contributed by atoms with van der Waals surface area (Å²) in [5.74, 6) is 0.620. The number of nitrogens with one attached hydrogen (secondary N) is 1. The molecule has 4 rings (SSSR count). The second kappa shape index (κ2) is 7.79. The third-order valence-electron chi connectivity index (χ3n) is 4.48. The highest BCUT2D eigenvalue weighted by Gasteiger charge is 2.21. The van der Waals surface area contributed by atoms with Crippen molar-refractivity contribution in [3.8, 4) is 5.75 Å². The van der Waals surface area contributed by atoms with Crippen molar-refractivity contribution < 1.29 is 13.9 Å². The lowest BCUT2D eigenvalue weighted by atomic mass is 10.1. The van der Waals surface area contributed by atoms with E-state index < -0.39 is 0 Å². The molecule has 0 spiro atoms. The van der Waals surface area contributed by atoms with Crippen molar-refractivity contribution in [2.24, 2.45) is 0 Å². The molecule has 140 valence electrons. The van der Waals surface area contributed by atoms with Gasteiger partial charge < -0.3 is 14.5 Å². The summed E-state index contributed by atoms with van der Waals surface area (Å²) in [7, 11) is 0. The van der Waals surface area contributed by atoms with E-state index in [9.17, 15) is 4.79 Å². The number of anilines is 1. The van der Waals surface area contributed by atoms with E-state index in [1.54, 1.807) is 12.1 Å². The van der Waals surface area contributed by atoms with E-state index >= 15 is 0 Å². The van der Waals surface area contributed by atoms with Gasteiger partial charge in [-0.15, -0.1) is 0 Å². The van der Waals surface area contributed by atoms with Crippen LogP contribution in [0.25, 0.3) is 11.0 Å². The molecule has 0 aliphatic carbocycles. The molecule has 0 aliphatic heterocycles. The number of hydrogen-bond acceptors (Lipinski definition) is 3. The maximum absolute atomic E-state index is 13.0. The van der Waals surface area contributed by atoms with Crippen LogP contribution in [0, 0.1) is 6.92 Å². The Hall–Kier alpha value is -3.24. The summed E-state index contributed by atoms with van der Waals surface area (Å²) in [6, 6.07) is 22.4. The minimum absolute atomic E-state index is 0.221. The third kappa shape index (κ3) is 3.73. The fourth-order valence-corrected chi connectivity index (χ4v) is 3.18. The normalized spacial score (nSPS) is 10.8. The van der Waals surface area contributed by atoms with Crippen LogP contribution in [0.1, 0.15) is 21.7 Å². The van der Waals surface area contributed by atoms with Crippen molar-refractivity contribution in [2.75, 3.05) is 5.32 Å². The Morgan fingerprint density at radius 3 is 2.61 bits per heavy atom. The lowest BCUT2D eigenvalue weighted by Crippen LogP contribution is -2.14. The molecule has 0 unspecified atom stereocenters. The zero-order chi connectivity index (χ0) is 19.5. The number of halogens is 1. The predicted octanol–water partition coefficient (Wildman–Crippen LogP) is 6.23. The molecule has 0 saturated heterocycles. The van der Waals surface area contributed by atoms with E-state index in [1.165, 1.54) is 0 Å². The summed E-state index contributed by atoms with van der Waals surface area (Å²) in [4.78, 5) is 13.0. The maximum Gasteiger partial charge on any atom is 0.291 e. The molecular weight excluding hydrogens is 374 g/mol. The number of para-hydroxylation sites is 2. The van der Waals surface area contributed by atoms with Gasteiger partial charge in [0.2, 0.25) is 0 Å². The molecule has 0 bridgehead atoms. The van der Waals surface area contributed by atoms with Gasteiger partial charge in [-0.3, -0.25) is 4.79 Å². The van der Waals surface area contributed by atoms with Crippen LogP contribution in [0.15, 0.2) is 77.2 Å². The van der Waals surface area contributed by atoms with Crippen LogP contribution in [0.5, 0.6) is 5.75 Å². The number of aryl methyl sites for hydroxylation is 1. The molecule has 1 amide bonds. The highest BCUT2D eigenvalue weighted by atomic mass is 35.5. The minimum atomic E-state index is -0.340. The molecular formula is C23H18ClNO3. The molecule has 1 aromatic heterocycles. The zero-order valence-corrected chi connectivity index (χ0v) is 16.0.